The van der Waals surface area contributed by atoms with Gasteiger partial charge in [-0.05, 0) is 6.07 Å². The molecule has 1 radical (unpaired) electrons. The average Bonchev–Trinajstić information content (AvgIpc) is 2.33. The van der Waals surface area contributed by atoms with Crippen LogP contribution in [-0.2, 0) is 0 Å². The largest absolute Gasteiger partial charge is 0.158 e. The van der Waals surface area contributed by atoms with E-state index in [2.05, 4.69) is 16.3 Å². The highest BCUT2D eigenvalue weighted by Gasteiger charge is 1.91. The Balaban J connectivity index is 2.95. The van der Waals surface area contributed by atoms with Crippen molar-refractivity contribution < 1.29 is 0 Å². The van der Waals surface area contributed by atoms with Crippen LogP contribution in [0.3, 0.4) is 0 Å². The molecule has 2 nitrogen and oxygen atoms in total. The molecule has 0 atom stereocenters. The third kappa shape index (κ3) is 0.695. The number of rotatable bonds is 0. The lowest BCUT2D eigenvalue weighted by atomic mass is 10.5. The van der Waals surface area contributed by atoms with Crippen molar-refractivity contribution in [3.63, 3.8) is 0 Å². The molecule has 0 fully saturated rings. The second-order valence-corrected chi connectivity index (χ2v) is 2.54. The highest BCUT2D eigenvalue weighted by Crippen LogP contribution is 2.14. The van der Waals surface area contributed by atoms with Gasteiger partial charge in [0.15, 0.2) is 0 Å². The minimum atomic E-state index is 0.863. The van der Waals surface area contributed by atoms with Crippen LogP contribution in [0, 0.1) is 6.07 Å². The third-order valence-corrected chi connectivity index (χ3v) is 1.88. The van der Waals surface area contributed by atoms with Gasteiger partial charge in [-0.2, -0.15) is 5.10 Å². The summed E-state index contributed by atoms with van der Waals surface area (Å²) in [4.78, 5) is 0. The minimum absolute atomic E-state index is 0.863. The Kier molecular flexibility index (Phi) is 0.960. The SMILES string of the molecule is [c]1csc2ccnnc12. The first-order valence-corrected chi connectivity index (χ1v) is 3.41. The molecule has 43 valence electrons. The zero-order chi connectivity index (χ0) is 6.10. The fraction of sp³-hybridized carbons (Fsp3) is 0. The second-order valence-electron chi connectivity index (χ2n) is 1.62. The summed E-state index contributed by atoms with van der Waals surface area (Å²) in [7, 11) is 0. The predicted molar refractivity (Wildman–Crippen MR) is 36.3 cm³/mol. The summed E-state index contributed by atoms with van der Waals surface area (Å²) < 4.78 is 1.14. The molecule has 0 unspecified atom stereocenters. The Hall–Kier alpha value is -0.960. The van der Waals surface area contributed by atoms with Gasteiger partial charge in [-0.3, -0.25) is 0 Å². The molecule has 0 saturated carbocycles. The second kappa shape index (κ2) is 1.77. The van der Waals surface area contributed by atoms with Crippen molar-refractivity contribution in [3.05, 3.63) is 23.7 Å². The highest BCUT2D eigenvalue weighted by molar-refractivity contribution is 7.17. The lowest BCUT2D eigenvalue weighted by molar-refractivity contribution is 1.08. The molecule has 3 heteroatoms. The molecule has 0 N–H and O–H groups in total. The third-order valence-electron chi connectivity index (χ3n) is 1.07. The number of nitrogens with zero attached hydrogens (tertiary/aromatic N) is 2. The monoisotopic (exact) mass is 135 g/mol. The van der Waals surface area contributed by atoms with E-state index >= 15 is 0 Å². The fourth-order valence-electron chi connectivity index (χ4n) is 0.664. The summed E-state index contributed by atoms with van der Waals surface area (Å²) in [5.41, 5.74) is 0.863. The number of aromatic nitrogens is 2. The lowest BCUT2D eigenvalue weighted by Crippen LogP contribution is -1.74. The van der Waals surface area contributed by atoms with E-state index in [1.165, 1.54) is 0 Å². The number of hydrogen-bond acceptors (Lipinski definition) is 3. The van der Waals surface area contributed by atoms with Crippen LogP contribution >= 0.6 is 11.3 Å². The molecule has 0 saturated heterocycles. The van der Waals surface area contributed by atoms with E-state index in [4.69, 9.17) is 0 Å². The molecule has 0 aliphatic rings. The summed E-state index contributed by atoms with van der Waals surface area (Å²) in [5, 5.41) is 9.44. The van der Waals surface area contributed by atoms with Crippen molar-refractivity contribution in [3.8, 4) is 0 Å². The van der Waals surface area contributed by atoms with Crippen LogP contribution in [0.4, 0.5) is 0 Å². The van der Waals surface area contributed by atoms with Gasteiger partial charge in [-0.1, -0.05) is 0 Å². The van der Waals surface area contributed by atoms with Crippen molar-refractivity contribution in [2.24, 2.45) is 0 Å². The van der Waals surface area contributed by atoms with E-state index in [1.54, 1.807) is 17.5 Å². The maximum Gasteiger partial charge on any atom is 0.112 e. The van der Waals surface area contributed by atoms with Gasteiger partial charge >= 0.3 is 0 Å². The molecule has 0 aliphatic carbocycles. The van der Waals surface area contributed by atoms with Crippen molar-refractivity contribution in [1.82, 2.24) is 10.2 Å². The molecule has 0 aromatic carbocycles. The van der Waals surface area contributed by atoms with Crippen LogP contribution in [0.2, 0.25) is 0 Å². The zero-order valence-corrected chi connectivity index (χ0v) is 5.35. The summed E-state index contributed by atoms with van der Waals surface area (Å²) >= 11 is 1.63. The quantitative estimate of drug-likeness (QED) is 0.547. The Morgan fingerprint density at radius 1 is 1.56 bits per heavy atom. The van der Waals surface area contributed by atoms with Gasteiger partial charge in [0, 0.05) is 11.4 Å². The summed E-state index contributed by atoms with van der Waals surface area (Å²) in [6, 6.07) is 4.90. The van der Waals surface area contributed by atoms with Gasteiger partial charge in [0.05, 0.1) is 10.9 Å². The Bertz CT molecular complexity index is 285. The Morgan fingerprint density at radius 2 is 2.56 bits per heavy atom. The predicted octanol–water partition coefficient (Wildman–Crippen LogP) is 1.49. The molecule has 0 amide bonds. The van der Waals surface area contributed by atoms with Crippen LogP contribution in [0.15, 0.2) is 17.6 Å². The van der Waals surface area contributed by atoms with Gasteiger partial charge in [0.2, 0.25) is 0 Å². The molecule has 2 heterocycles. The first kappa shape index (κ1) is 4.88. The lowest BCUT2D eigenvalue weighted by Gasteiger charge is -1.80. The normalized spacial score (nSPS) is 10.2. The van der Waals surface area contributed by atoms with E-state index < -0.39 is 0 Å². The van der Waals surface area contributed by atoms with Gasteiger partial charge < -0.3 is 0 Å². The Labute approximate surface area is 56.2 Å². The number of thiophene rings is 1. The molecule has 0 aliphatic heterocycles. The van der Waals surface area contributed by atoms with Crippen molar-refractivity contribution in [1.29, 1.82) is 0 Å². The molecule has 0 bridgehead atoms. The minimum Gasteiger partial charge on any atom is -0.158 e. The standard InChI is InChI=1S/C6H3N2S/c1-3-7-8-5-2-4-9-6(1)5/h1,3-4H. The Morgan fingerprint density at radius 3 is 3.44 bits per heavy atom. The average molecular weight is 135 g/mol. The van der Waals surface area contributed by atoms with Gasteiger partial charge in [-0.15, -0.1) is 16.4 Å². The van der Waals surface area contributed by atoms with Crippen molar-refractivity contribution >= 4 is 21.6 Å². The van der Waals surface area contributed by atoms with Crippen molar-refractivity contribution in [2.75, 3.05) is 0 Å². The van der Waals surface area contributed by atoms with E-state index in [0.29, 0.717) is 0 Å². The smallest absolute Gasteiger partial charge is 0.112 e. The maximum absolute atomic E-state index is 3.85. The van der Waals surface area contributed by atoms with Crippen LogP contribution in [-0.4, -0.2) is 10.2 Å². The van der Waals surface area contributed by atoms with Gasteiger partial charge in [0.25, 0.3) is 0 Å². The first-order chi connectivity index (χ1) is 4.47. The van der Waals surface area contributed by atoms with E-state index in [1.807, 2.05) is 11.4 Å². The van der Waals surface area contributed by atoms with E-state index in [-0.39, 0.29) is 0 Å². The molecule has 2 aromatic heterocycles. The van der Waals surface area contributed by atoms with Crippen LogP contribution in [0.25, 0.3) is 10.2 Å². The van der Waals surface area contributed by atoms with E-state index in [0.717, 1.165) is 10.2 Å². The number of hydrogen-bond donors (Lipinski definition) is 0. The maximum atomic E-state index is 3.85. The topological polar surface area (TPSA) is 25.8 Å². The first-order valence-electron chi connectivity index (χ1n) is 2.53. The molecule has 2 rings (SSSR count). The summed E-state index contributed by atoms with van der Waals surface area (Å²) in [6.07, 6.45) is 1.69. The van der Waals surface area contributed by atoms with Crippen LogP contribution in [0.1, 0.15) is 0 Å². The molecular weight excluding hydrogens is 132 g/mol. The fourth-order valence-corrected chi connectivity index (χ4v) is 1.31. The number of fused-ring (bicyclic) bond motifs is 1. The zero-order valence-electron chi connectivity index (χ0n) is 4.53. The van der Waals surface area contributed by atoms with Gasteiger partial charge in [-0.25, -0.2) is 0 Å². The van der Waals surface area contributed by atoms with Crippen LogP contribution in [0.5, 0.6) is 0 Å². The summed E-state index contributed by atoms with van der Waals surface area (Å²) in [5.74, 6) is 0. The molecule has 0 spiro atoms. The van der Waals surface area contributed by atoms with Crippen LogP contribution < -0.4 is 0 Å². The molecule has 9 heavy (non-hydrogen) atoms. The highest BCUT2D eigenvalue weighted by atomic mass is 32.1. The van der Waals surface area contributed by atoms with Crippen molar-refractivity contribution in [2.45, 2.75) is 0 Å². The molecule has 2 aromatic rings. The summed E-state index contributed by atoms with van der Waals surface area (Å²) in [6.45, 7) is 0. The van der Waals surface area contributed by atoms with Gasteiger partial charge in [0.1, 0.15) is 5.52 Å². The van der Waals surface area contributed by atoms with E-state index in [9.17, 15) is 0 Å². The molecular formula is C6H3N2S.